The summed E-state index contributed by atoms with van der Waals surface area (Å²) in [6.07, 6.45) is 1.30. The number of ether oxygens (including phenoxy) is 2. The van der Waals surface area contributed by atoms with Gasteiger partial charge >= 0.3 is 0 Å². The predicted octanol–water partition coefficient (Wildman–Crippen LogP) is 5.63. The summed E-state index contributed by atoms with van der Waals surface area (Å²) < 4.78 is 10.7. The van der Waals surface area contributed by atoms with Gasteiger partial charge in [0.1, 0.15) is 5.25 Å². The van der Waals surface area contributed by atoms with E-state index in [4.69, 9.17) is 9.47 Å². The second-order valence-electron chi connectivity index (χ2n) is 7.29. The van der Waals surface area contributed by atoms with Gasteiger partial charge in [0.15, 0.2) is 11.5 Å². The van der Waals surface area contributed by atoms with Crippen LogP contribution in [-0.4, -0.2) is 18.6 Å². The van der Waals surface area contributed by atoms with E-state index in [-0.39, 0.29) is 18.6 Å². The van der Waals surface area contributed by atoms with Crippen molar-refractivity contribution in [1.29, 1.82) is 0 Å². The number of anilines is 2. The Morgan fingerprint density at radius 3 is 2.38 bits per heavy atom. The van der Waals surface area contributed by atoms with Crippen molar-refractivity contribution >= 4 is 35.0 Å². The molecule has 0 spiro atoms. The number of fused-ring (bicyclic) bond motifs is 1. The minimum Gasteiger partial charge on any atom is -0.454 e. The fourth-order valence-corrected chi connectivity index (χ4v) is 4.31. The van der Waals surface area contributed by atoms with E-state index in [0.29, 0.717) is 23.6 Å². The summed E-state index contributed by atoms with van der Waals surface area (Å²) in [6, 6.07) is 22.5. The zero-order valence-corrected chi connectivity index (χ0v) is 18.5. The zero-order valence-electron chi connectivity index (χ0n) is 17.7. The lowest BCUT2D eigenvalue weighted by Crippen LogP contribution is -2.19. The van der Waals surface area contributed by atoms with Gasteiger partial charge in [-0.15, -0.1) is 11.8 Å². The van der Waals surface area contributed by atoms with Crippen molar-refractivity contribution in [2.45, 2.75) is 29.9 Å². The second kappa shape index (κ2) is 10.2. The van der Waals surface area contributed by atoms with Gasteiger partial charge in [0.05, 0.1) is 0 Å². The number of carbonyl (C=O) groups is 2. The highest BCUT2D eigenvalue weighted by molar-refractivity contribution is 8.00. The SMILES string of the molecule is CCCC(=O)Nc1ccc(SC(C(=O)Nc2ccc3c(c2)OCO3)c2ccccc2)cc1. The molecular formula is C25H24N2O4S. The molecule has 164 valence electrons. The minimum atomic E-state index is -0.456. The van der Waals surface area contributed by atoms with Crippen LogP contribution in [0, 0.1) is 0 Å². The van der Waals surface area contributed by atoms with Crippen molar-refractivity contribution in [2.24, 2.45) is 0 Å². The molecule has 1 unspecified atom stereocenters. The Bertz CT molecular complexity index is 1090. The van der Waals surface area contributed by atoms with Crippen LogP contribution in [-0.2, 0) is 9.59 Å². The Morgan fingerprint density at radius 2 is 1.62 bits per heavy atom. The first-order valence-electron chi connectivity index (χ1n) is 10.4. The quantitative estimate of drug-likeness (QED) is 0.437. The van der Waals surface area contributed by atoms with Crippen molar-refractivity contribution < 1.29 is 19.1 Å². The van der Waals surface area contributed by atoms with Crippen molar-refractivity contribution in [3.05, 3.63) is 78.4 Å². The summed E-state index contributed by atoms with van der Waals surface area (Å²) in [5, 5.41) is 5.41. The Balaban J connectivity index is 1.50. The summed E-state index contributed by atoms with van der Waals surface area (Å²) in [5.41, 5.74) is 2.29. The van der Waals surface area contributed by atoms with E-state index in [0.717, 1.165) is 22.6 Å². The molecule has 0 aliphatic carbocycles. The maximum absolute atomic E-state index is 13.2. The summed E-state index contributed by atoms with van der Waals surface area (Å²) in [5.74, 6) is 1.15. The van der Waals surface area contributed by atoms with Crippen LogP contribution in [0.5, 0.6) is 11.5 Å². The molecule has 0 saturated heterocycles. The summed E-state index contributed by atoms with van der Waals surface area (Å²) in [6.45, 7) is 2.15. The third-order valence-electron chi connectivity index (χ3n) is 4.85. The maximum Gasteiger partial charge on any atom is 0.242 e. The average molecular weight is 449 g/mol. The molecule has 4 rings (SSSR count). The van der Waals surface area contributed by atoms with Gasteiger partial charge in [-0.05, 0) is 48.4 Å². The van der Waals surface area contributed by atoms with Crippen molar-refractivity contribution in [1.82, 2.24) is 0 Å². The van der Waals surface area contributed by atoms with E-state index in [1.54, 1.807) is 18.2 Å². The molecule has 2 N–H and O–H groups in total. The molecule has 2 amide bonds. The van der Waals surface area contributed by atoms with E-state index in [1.807, 2.05) is 61.5 Å². The Morgan fingerprint density at radius 1 is 0.906 bits per heavy atom. The largest absolute Gasteiger partial charge is 0.454 e. The van der Waals surface area contributed by atoms with Gasteiger partial charge in [0.2, 0.25) is 18.6 Å². The van der Waals surface area contributed by atoms with Crippen LogP contribution in [0.1, 0.15) is 30.6 Å². The number of thioether (sulfide) groups is 1. The minimum absolute atomic E-state index is 0.00170. The van der Waals surface area contributed by atoms with Crippen LogP contribution in [0.2, 0.25) is 0 Å². The average Bonchev–Trinajstić information content (AvgIpc) is 3.27. The van der Waals surface area contributed by atoms with Crippen molar-refractivity contribution in [3.8, 4) is 11.5 Å². The number of amides is 2. The van der Waals surface area contributed by atoms with Crippen molar-refractivity contribution in [3.63, 3.8) is 0 Å². The molecule has 0 bridgehead atoms. The molecule has 1 atom stereocenters. The first-order chi connectivity index (χ1) is 15.6. The highest BCUT2D eigenvalue weighted by Crippen LogP contribution is 2.38. The Kier molecular flexibility index (Phi) is 6.97. The molecule has 32 heavy (non-hydrogen) atoms. The third-order valence-corrected chi connectivity index (χ3v) is 6.12. The number of nitrogens with one attached hydrogen (secondary N) is 2. The first-order valence-corrected chi connectivity index (χ1v) is 11.3. The second-order valence-corrected chi connectivity index (χ2v) is 8.47. The Hall–Kier alpha value is -3.45. The van der Waals surface area contributed by atoms with Crippen LogP contribution in [0.15, 0.2) is 77.7 Å². The first kappa shape index (κ1) is 21.8. The lowest BCUT2D eigenvalue weighted by Gasteiger charge is -2.17. The molecule has 1 heterocycles. The summed E-state index contributed by atoms with van der Waals surface area (Å²) in [7, 11) is 0. The van der Waals surface area contributed by atoms with Crippen molar-refractivity contribution in [2.75, 3.05) is 17.4 Å². The molecular weight excluding hydrogens is 424 g/mol. The number of hydrogen-bond acceptors (Lipinski definition) is 5. The van der Waals surface area contributed by atoms with E-state index >= 15 is 0 Å². The highest BCUT2D eigenvalue weighted by atomic mass is 32.2. The molecule has 3 aromatic carbocycles. The number of benzene rings is 3. The van der Waals surface area contributed by atoms with Crippen LogP contribution in [0.3, 0.4) is 0 Å². The molecule has 0 aromatic heterocycles. The highest BCUT2D eigenvalue weighted by Gasteiger charge is 2.23. The predicted molar refractivity (Wildman–Crippen MR) is 126 cm³/mol. The molecule has 1 aliphatic rings. The van der Waals surface area contributed by atoms with Gasteiger partial charge in [-0.1, -0.05) is 37.3 Å². The zero-order chi connectivity index (χ0) is 22.3. The standard InChI is InChI=1S/C25H24N2O4S/c1-2-6-23(28)26-18-9-12-20(13-10-18)32-24(17-7-4-3-5-8-17)25(29)27-19-11-14-21-22(15-19)31-16-30-21/h3-5,7-15,24H,2,6,16H2,1H3,(H,26,28)(H,27,29). The van der Waals surface area contributed by atoms with Gasteiger partial charge < -0.3 is 20.1 Å². The monoisotopic (exact) mass is 448 g/mol. The fraction of sp³-hybridized carbons (Fsp3) is 0.200. The molecule has 6 nitrogen and oxygen atoms in total. The summed E-state index contributed by atoms with van der Waals surface area (Å²) in [4.78, 5) is 26.0. The van der Waals surface area contributed by atoms with Crippen LogP contribution < -0.4 is 20.1 Å². The van der Waals surface area contributed by atoms with Gasteiger partial charge in [0, 0.05) is 28.8 Å². The number of rotatable bonds is 8. The van der Waals surface area contributed by atoms with Gasteiger partial charge in [-0.2, -0.15) is 0 Å². The van der Waals surface area contributed by atoms with E-state index in [9.17, 15) is 9.59 Å². The molecule has 7 heteroatoms. The van der Waals surface area contributed by atoms with Crippen LogP contribution >= 0.6 is 11.8 Å². The topological polar surface area (TPSA) is 76.7 Å². The normalized spacial score (nSPS) is 12.8. The molecule has 1 aliphatic heterocycles. The van der Waals surface area contributed by atoms with Gasteiger partial charge in [-0.25, -0.2) is 0 Å². The molecule has 3 aromatic rings. The van der Waals surface area contributed by atoms with Gasteiger partial charge in [0.25, 0.3) is 0 Å². The smallest absolute Gasteiger partial charge is 0.242 e. The molecule has 0 radical (unpaired) electrons. The fourth-order valence-electron chi connectivity index (χ4n) is 3.29. The maximum atomic E-state index is 13.2. The van der Waals surface area contributed by atoms with Gasteiger partial charge in [-0.3, -0.25) is 9.59 Å². The van der Waals surface area contributed by atoms with E-state index in [2.05, 4.69) is 10.6 Å². The van der Waals surface area contributed by atoms with Crippen LogP contribution in [0.25, 0.3) is 0 Å². The van der Waals surface area contributed by atoms with Crippen LogP contribution in [0.4, 0.5) is 11.4 Å². The lowest BCUT2D eigenvalue weighted by molar-refractivity contribution is -0.116. The lowest BCUT2D eigenvalue weighted by atomic mass is 10.1. The van der Waals surface area contributed by atoms with E-state index in [1.165, 1.54) is 11.8 Å². The Labute approximate surface area is 191 Å². The molecule has 0 saturated carbocycles. The summed E-state index contributed by atoms with van der Waals surface area (Å²) >= 11 is 1.45. The third kappa shape index (κ3) is 5.42. The number of carbonyl (C=O) groups excluding carboxylic acids is 2. The van der Waals surface area contributed by atoms with E-state index < -0.39 is 5.25 Å². The number of hydrogen-bond donors (Lipinski definition) is 2. The molecule has 0 fully saturated rings.